The molecule has 0 atom stereocenters. The number of halogens is 4. The van der Waals surface area contributed by atoms with E-state index in [9.17, 15) is 13.2 Å². The minimum atomic E-state index is -4.77. The molecule has 0 saturated heterocycles. The van der Waals surface area contributed by atoms with Gasteiger partial charge in [0.1, 0.15) is 28.9 Å². The number of anilines is 2. The van der Waals surface area contributed by atoms with Gasteiger partial charge in [0.2, 0.25) is 5.95 Å². The summed E-state index contributed by atoms with van der Waals surface area (Å²) in [6.45, 7) is 7.86. The zero-order valence-electron chi connectivity index (χ0n) is 14.8. The lowest BCUT2D eigenvalue weighted by Gasteiger charge is -2.17. The fraction of sp³-hybridized carbons (Fsp3) is 0.105. The first-order valence-electron chi connectivity index (χ1n) is 8.30. The van der Waals surface area contributed by atoms with Crippen molar-refractivity contribution in [1.82, 2.24) is 15.0 Å². The summed E-state index contributed by atoms with van der Waals surface area (Å²) in [4.78, 5) is 11.9. The topological polar surface area (TPSA) is 72.0 Å². The van der Waals surface area contributed by atoms with Gasteiger partial charge in [0.15, 0.2) is 0 Å². The molecule has 0 unspecified atom stereocenters. The number of aromatic nitrogens is 3. The molecule has 0 fully saturated rings. The van der Waals surface area contributed by atoms with Crippen LogP contribution in [-0.4, -0.2) is 21.6 Å². The molecule has 3 heterocycles. The lowest BCUT2D eigenvalue weighted by Crippen LogP contribution is -2.13. The van der Waals surface area contributed by atoms with Gasteiger partial charge < -0.3 is 15.4 Å². The maximum absolute atomic E-state index is 13.7. The molecule has 0 spiro atoms. The van der Waals surface area contributed by atoms with Crippen LogP contribution in [0.5, 0.6) is 5.75 Å². The first kappa shape index (κ1) is 19.0. The number of nitrogens with zero attached hydrogens (tertiary/aromatic N) is 3. The van der Waals surface area contributed by atoms with E-state index in [1.165, 1.54) is 0 Å². The smallest absolute Gasteiger partial charge is 0.420 e. The van der Waals surface area contributed by atoms with Crippen LogP contribution in [0.2, 0.25) is 5.15 Å². The Kier molecular flexibility index (Phi) is 4.54. The van der Waals surface area contributed by atoms with Gasteiger partial charge in [-0.1, -0.05) is 36.9 Å². The van der Waals surface area contributed by atoms with E-state index in [1.807, 2.05) is 0 Å². The van der Waals surface area contributed by atoms with Crippen molar-refractivity contribution >= 4 is 40.0 Å². The van der Waals surface area contributed by atoms with Gasteiger partial charge in [-0.15, -0.1) is 0 Å². The summed E-state index contributed by atoms with van der Waals surface area (Å²) in [5.41, 5.74) is 0.0902. The lowest BCUT2D eigenvalue weighted by atomic mass is 10.1. The highest BCUT2D eigenvalue weighted by Crippen LogP contribution is 2.41. The largest absolute Gasteiger partial charge is 0.487 e. The Bertz CT molecular complexity index is 1160. The normalized spacial score (nSPS) is 14.3. The van der Waals surface area contributed by atoms with Crippen LogP contribution in [0.3, 0.4) is 0 Å². The van der Waals surface area contributed by atoms with Crippen molar-refractivity contribution < 1.29 is 17.9 Å². The number of pyridine rings is 1. The summed E-state index contributed by atoms with van der Waals surface area (Å²) >= 11 is 5.79. The van der Waals surface area contributed by atoms with Crippen LogP contribution in [0.15, 0.2) is 49.3 Å². The lowest BCUT2D eigenvalue weighted by molar-refractivity contribution is -0.136. The van der Waals surface area contributed by atoms with E-state index in [0.29, 0.717) is 22.7 Å². The van der Waals surface area contributed by atoms with Crippen molar-refractivity contribution in [3.8, 4) is 5.75 Å². The molecule has 0 aliphatic carbocycles. The van der Waals surface area contributed by atoms with Crippen LogP contribution in [0.4, 0.5) is 24.9 Å². The van der Waals surface area contributed by atoms with Gasteiger partial charge in [-0.2, -0.15) is 18.2 Å². The number of hydrogen-bond donors (Lipinski definition) is 2. The predicted octanol–water partition coefficient (Wildman–Crippen LogP) is 5.10. The summed E-state index contributed by atoms with van der Waals surface area (Å²) in [7, 11) is 0. The van der Waals surface area contributed by atoms with Gasteiger partial charge >= 0.3 is 6.18 Å². The van der Waals surface area contributed by atoms with E-state index in [4.69, 9.17) is 16.3 Å². The predicted molar refractivity (Wildman–Crippen MR) is 105 cm³/mol. The Balaban J connectivity index is 1.99. The fourth-order valence-electron chi connectivity index (χ4n) is 2.92. The van der Waals surface area contributed by atoms with Crippen molar-refractivity contribution in [2.45, 2.75) is 6.18 Å². The van der Waals surface area contributed by atoms with Crippen LogP contribution < -0.4 is 15.4 Å². The van der Waals surface area contributed by atoms with E-state index < -0.39 is 16.9 Å². The number of hydrogen-bond acceptors (Lipinski definition) is 6. The van der Waals surface area contributed by atoms with Gasteiger partial charge in [0.05, 0.1) is 17.1 Å². The summed E-state index contributed by atoms with van der Waals surface area (Å²) < 4.78 is 46.9. The Labute approximate surface area is 168 Å². The Morgan fingerprint density at radius 3 is 2.62 bits per heavy atom. The van der Waals surface area contributed by atoms with Gasteiger partial charge in [0, 0.05) is 17.0 Å². The first-order chi connectivity index (χ1) is 13.7. The van der Waals surface area contributed by atoms with E-state index in [-0.39, 0.29) is 29.3 Å². The molecule has 0 saturated carbocycles. The van der Waals surface area contributed by atoms with Crippen molar-refractivity contribution in [3.63, 3.8) is 0 Å². The fourth-order valence-corrected chi connectivity index (χ4v) is 3.17. The highest BCUT2D eigenvalue weighted by molar-refractivity contribution is 6.31. The molecular weight excluding hydrogens is 407 g/mol. The molecule has 148 valence electrons. The second-order valence-corrected chi connectivity index (χ2v) is 6.55. The SMILES string of the molecule is C=C1COc2ccccc2C(=C)Nc2nc(nc3cnc(Cl)c(C(F)(F)F)c23)N1. The molecule has 4 rings (SSSR count). The number of para-hydroxylation sites is 1. The number of alkyl halides is 3. The second kappa shape index (κ2) is 6.93. The van der Waals surface area contributed by atoms with Crippen molar-refractivity contribution in [2.24, 2.45) is 0 Å². The average Bonchev–Trinajstić information content (AvgIpc) is 2.67. The molecule has 0 radical (unpaired) electrons. The van der Waals surface area contributed by atoms with Gasteiger partial charge in [0.25, 0.3) is 0 Å². The molecule has 6 nitrogen and oxygen atoms in total. The molecule has 3 aromatic rings. The third kappa shape index (κ3) is 3.56. The van der Waals surface area contributed by atoms with E-state index in [0.717, 1.165) is 6.20 Å². The molecular formula is C19H13ClF3N5O. The van der Waals surface area contributed by atoms with Crippen molar-refractivity contribution in [2.75, 3.05) is 17.2 Å². The monoisotopic (exact) mass is 419 g/mol. The van der Waals surface area contributed by atoms with Crippen LogP contribution in [0.1, 0.15) is 11.1 Å². The third-order valence-electron chi connectivity index (χ3n) is 4.15. The summed E-state index contributed by atoms with van der Waals surface area (Å²) in [5, 5.41) is 4.68. The van der Waals surface area contributed by atoms with E-state index in [2.05, 4.69) is 38.7 Å². The molecule has 10 heteroatoms. The number of ether oxygens (including phenoxy) is 1. The van der Waals surface area contributed by atoms with Crippen LogP contribution in [0, 0.1) is 0 Å². The van der Waals surface area contributed by atoms with Gasteiger partial charge in [-0.05, 0) is 12.1 Å². The van der Waals surface area contributed by atoms with Gasteiger partial charge in [-0.25, -0.2) is 9.97 Å². The standard InChI is InChI=1S/C19H13ClF3N5O/c1-9-8-29-13-6-4-3-5-11(13)10(2)26-17-14-12(27-18(25-9)28-17)7-24-16(20)15(14)19(21,22)23/h3-7H,1-2,8H2,(H2,25,26,27,28). The molecule has 2 aromatic heterocycles. The van der Waals surface area contributed by atoms with Crippen LogP contribution in [0.25, 0.3) is 16.6 Å². The Morgan fingerprint density at radius 1 is 1.10 bits per heavy atom. The van der Waals surface area contributed by atoms with Crippen LogP contribution in [-0.2, 0) is 6.18 Å². The van der Waals surface area contributed by atoms with Crippen molar-refractivity contribution in [1.29, 1.82) is 0 Å². The highest BCUT2D eigenvalue weighted by Gasteiger charge is 2.38. The number of fused-ring (bicyclic) bond motifs is 5. The Morgan fingerprint density at radius 2 is 1.86 bits per heavy atom. The molecule has 2 bridgehead atoms. The van der Waals surface area contributed by atoms with E-state index in [1.54, 1.807) is 24.3 Å². The summed E-state index contributed by atoms with van der Waals surface area (Å²) in [6, 6.07) is 6.97. The zero-order valence-corrected chi connectivity index (χ0v) is 15.5. The average molecular weight is 420 g/mol. The minimum absolute atomic E-state index is 0.0320. The number of rotatable bonds is 0. The van der Waals surface area contributed by atoms with Crippen LogP contribution >= 0.6 is 11.6 Å². The molecule has 29 heavy (non-hydrogen) atoms. The molecule has 1 aromatic carbocycles. The molecule has 1 aliphatic heterocycles. The quantitative estimate of drug-likeness (QED) is 0.494. The zero-order chi connectivity index (χ0) is 20.8. The third-order valence-corrected chi connectivity index (χ3v) is 4.44. The maximum Gasteiger partial charge on any atom is 0.420 e. The highest BCUT2D eigenvalue weighted by atomic mass is 35.5. The van der Waals surface area contributed by atoms with Gasteiger partial charge in [-0.3, -0.25) is 0 Å². The maximum atomic E-state index is 13.7. The van der Waals surface area contributed by atoms with E-state index >= 15 is 0 Å². The molecule has 2 N–H and O–H groups in total. The first-order valence-corrected chi connectivity index (χ1v) is 8.68. The summed E-state index contributed by atoms with van der Waals surface area (Å²) in [5.74, 6) is 0.393. The summed E-state index contributed by atoms with van der Waals surface area (Å²) in [6.07, 6.45) is -3.61. The second-order valence-electron chi connectivity index (χ2n) is 6.19. The molecule has 0 amide bonds. The molecule has 1 aliphatic rings. The van der Waals surface area contributed by atoms with Crippen molar-refractivity contribution in [3.05, 3.63) is 65.6 Å². The Hall–Kier alpha value is -3.33. The number of benzene rings is 1. The number of nitrogens with one attached hydrogen (secondary N) is 2. The minimum Gasteiger partial charge on any atom is -0.487 e.